The van der Waals surface area contributed by atoms with Gasteiger partial charge in [0, 0.05) is 12.0 Å². The van der Waals surface area contributed by atoms with Gasteiger partial charge in [0.25, 0.3) is 0 Å². The smallest absolute Gasteiger partial charge is 0.134 e. The van der Waals surface area contributed by atoms with E-state index in [2.05, 4.69) is 27.8 Å². The molecule has 1 nitrogen and oxygen atoms in total. The number of hydrogen-bond donors (Lipinski definition) is 0. The van der Waals surface area contributed by atoms with Crippen LogP contribution in [0.4, 0.5) is 0 Å². The third kappa shape index (κ3) is 3.76. The standard InChI is InChI=1S/C12H11BrO/c1-10(14)8-12-5-2-4-11(9-12)6-3-7-13/h2,4-5,9H,7-8H2,1H3. The second-order valence-corrected chi connectivity index (χ2v) is 3.58. The first-order chi connectivity index (χ1) is 6.72. The number of halogens is 1. The Morgan fingerprint density at radius 1 is 1.50 bits per heavy atom. The van der Waals surface area contributed by atoms with Gasteiger partial charge in [0.2, 0.25) is 0 Å². The molecule has 0 amide bonds. The van der Waals surface area contributed by atoms with E-state index in [-0.39, 0.29) is 5.78 Å². The fourth-order valence-electron chi connectivity index (χ4n) is 1.18. The van der Waals surface area contributed by atoms with Crippen molar-refractivity contribution in [1.29, 1.82) is 0 Å². The molecule has 14 heavy (non-hydrogen) atoms. The topological polar surface area (TPSA) is 17.1 Å². The van der Waals surface area contributed by atoms with Crippen LogP contribution in [-0.4, -0.2) is 11.1 Å². The highest BCUT2D eigenvalue weighted by Gasteiger charge is 1.97. The highest BCUT2D eigenvalue weighted by Crippen LogP contribution is 2.05. The van der Waals surface area contributed by atoms with Gasteiger partial charge in [-0.2, -0.15) is 0 Å². The van der Waals surface area contributed by atoms with Crippen molar-refractivity contribution in [3.05, 3.63) is 35.4 Å². The van der Waals surface area contributed by atoms with Crippen LogP contribution in [0.1, 0.15) is 18.1 Å². The number of benzene rings is 1. The van der Waals surface area contributed by atoms with Crippen LogP contribution in [-0.2, 0) is 11.2 Å². The largest absolute Gasteiger partial charge is 0.300 e. The average Bonchev–Trinajstić information content (AvgIpc) is 2.14. The summed E-state index contributed by atoms with van der Waals surface area (Å²) in [4.78, 5) is 10.9. The summed E-state index contributed by atoms with van der Waals surface area (Å²) in [6.45, 7) is 1.59. The highest BCUT2D eigenvalue weighted by molar-refractivity contribution is 9.09. The summed E-state index contributed by atoms with van der Waals surface area (Å²) in [6, 6.07) is 7.77. The molecule has 72 valence electrons. The van der Waals surface area contributed by atoms with E-state index < -0.39 is 0 Å². The average molecular weight is 251 g/mol. The van der Waals surface area contributed by atoms with Crippen LogP contribution in [0, 0.1) is 11.8 Å². The van der Waals surface area contributed by atoms with Crippen molar-refractivity contribution in [3.8, 4) is 11.8 Å². The lowest BCUT2D eigenvalue weighted by molar-refractivity contribution is -0.116. The SMILES string of the molecule is CC(=O)Cc1cccc(C#CCBr)c1. The monoisotopic (exact) mass is 250 g/mol. The lowest BCUT2D eigenvalue weighted by Gasteiger charge is -1.97. The quantitative estimate of drug-likeness (QED) is 0.583. The first-order valence-electron chi connectivity index (χ1n) is 4.35. The minimum absolute atomic E-state index is 0.176. The van der Waals surface area contributed by atoms with Crippen LogP contribution in [0.15, 0.2) is 24.3 Å². The van der Waals surface area contributed by atoms with Crippen LogP contribution < -0.4 is 0 Å². The Labute approximate surface area is 92.6 Å². The fraction of sp³-hybridized carbons (Fsp3) is 0.250. The number of ketones is 1. The van der Waals surface area contributed by atoms with Crippen molar-refractivity contribution >= 4 is 21.7 Å². The summed E-state index contributed by atoms with van der Waals surface area (Å²) in [7, 11) is 0. The summed E-state index contributed by atoms with van der Waals surface area (Å²) in [5.74, 6) is 6.10. The van der Waals surface area contributed by atoms with Crippen LogP contribution >= 0.6 is 15.9 Å². The maximum atomic E-state index is 10.9. The van der Waals surface area contributed by atoms with Gasteiger partial charge in [-0.15, -0.1) is 0 Å². The van der Waals surface area contributed by atoms with Gasteiger partial charge in [0.05, 0.1) is 5.33 Å². The van der Waals surface area contributed by atoms with Crippen LogP contribution in [0.2, 0.25) is 0 Å². The summed E-state index contributed by atoms with van der Waals surface area (Å²) in [5, 5.41) is 0.671. The molecule has 0 radical (unpaired) electrons. The van der Waals surface area contributed by atoms with Crippen molar-refractivity contribution in [2.45, 2.75) is 13.3 Å². The molecule has 0 N–H and O–H groups in total. The Bertz CT molecular complexity index is 385. The summed E-state index contributed by atoms with van der Waals surface area (Å²) < 4.78 is 0. The van der Waals surface area contributed by atoms with Gasteiger partial charge in [0.1, 0.15) is 5.78 Å². The molecule has 1 aromatic rings. The van der Waals surface area contributed by atoms with Crippen LogP contribution in [0.5, 0.6) is 0 Å². The predicted molar refractivity (Wildman–Crippen MR) is 61.5 cm³/mol. The van der Waals surface area contributed by atoms with E-state index in [0.717, 1.165) is 11.1 Å². The van der Waals surface area contributed by atoms with Crippen LogP contribution in [0.3, 0.4) is 0 Å². The molecule has 0 atom stereocenters. The Hall–Kier alpha value is -1.07. The Morgan fingerprint density at radius 3 is 2.93 bits per heavy atom. The normalized spacial score (nSPS) is 9.00. The van der Waals surface area contributed by atoms with Crippen molar-refractivity contribution in [3.63, 3.8) is 0 Å². The number of rotatable bonds is 2. The molecule has 0 unspecified atom stereocenters. The zero-order valence-corrected chi connectivity index (χ0v) is 9.60. The molecule has 0 fully saturated rings. The number of alkyl halides is 1. The maximum absolute atomic E-state index is 10.9. The number of Topliss-reactive ketones (excluding diaryl/α,β-unsaturated/α-hetero) is 1. The first-order valence-corrected chi connectivity index (χ1v) is 5.47. The van der Waals surface area contributed by atoms with E-state index in [0.29, 0.717) is 11.8 Å². The van der Waals surface area contributed by atoms with Crippen LogP contribution in [0.25, 0.3) is 0 Å². The lowest BCUT2D eigenvalue weighted by Crippen LogP contribution is -1.96. The first kappa shape index (κ1) is 11.0. The fourth-order valence-corrected chi connectivity index (χ4v) is 1.32. The molecular weight excluding hydrogens is 240 g/mol. The van der Waals surface area contributed by atoms with E-state index in [1.54, 1.807) is 6.92 Å². The number of carbonyl (C=O) groups excluding carboxylic acids is 1. The molecule has 0 spiro atoms. The molecule has 0 aliphatic rings. The predicted octanol–water partition coefficient (Wildman–Crippen LogP) is 2.56. The van der Waals surface area contributed by atoms with Gasteiger partial charge in [0.15, 0.2) is 0 Å². The second-order valence-electron chi connectivity index (χ2n) is 3.01. The Kier molecular flexibility index (Phi) is 4.42. The molecule has 1 aromatic carbocycles. The molecule has 0 saturated heterocycles. The van der Waals surface area contributed by atoms with Crippen molar-refractivity contribution < 1.29 is 4.79 Å². The van der Waals surface area contributed by atoms with Gasteiger partial charge >= 0.3 is 0 Å². The molecular formula is C12H11BrO. The Morgan fingerprint density at radius 2 is 2.29 bits per heavy atom. The third-order valence-corrected chi connectivity index (χ3v) is 1.96. The zero-order chi connectivity index (χ0) is 10.4. The van der Waals surface area contributed by atoms with Gasteiger partial charge in [-0.3, -0.25) is 4.79 Å². The molecule has 0 aromatic heterocycles. The third-order valence-electron chi connectivity index (χ3n) is 1.68. The minimum atomic E-state index is 0.176. The van der Waals surface area contributed by atoms with E-state index in [1.165, 1.54) is 0 Å². The molecule has 0 aliphatic carbocycles. The molecule has 0 bridgehead atoms. The number of carbonyl (C=O) groups is 1. The summed E-state index contributed by atoms with van der Waals surface area (Å²) in [6.07, 6.45) is 0.490. The van der Waals surface area contributed by atoms with E-state index in [1.807, 2.05) is 24.3 Å². The maximum Gasteiger partial charge on any atom is 0.134 e. The Balaban J connectivity index is 2.84. The van der Waals surface area contributed by atoms with Crippen molar-refractivity contribution in [2.75, 3.05) is 5.33 Å². The lowest BCUT2D eigenvalue weighted by atomic mass is 10.1. The molecule has 1 rings (SSSR count). The van der Waals surface area contributed by atoms with Gasteiger partial charge in [-0.1, -0.05) is 39.9 Å². The summed E-state index contributed by atoms with van der Waals surface area (Å²) >= 11 is 3.24. The van der Waals surface area contributed by atoms with Crippen molar-refractivity contribution in [1.82, 2.24) is 0 Å². The van der Waals surface area contributed by atoms with E-state index in [9.17, 15) is 4.79 Å². The molecule has 0 heterocycles. The van der Waals surface area contributed by atoms with Gasteiger partial charge < -0.3 is 0 Å². The number of hydrogen-bond acceptors (Lipinski definition) is 1. The van der Waals surface area contributed by atoms with Gasteiger partial charge in [-0.05, 0) is 24.6 Å². The zero-order valence-electron chi connectivity index (χ0n) is 8.01. The summed E-state index contributed by atoms with van der Waals surface area (Å²) in [5.41, 5.74) is 1.99. The van der Waals surface area contributed by atoms with E-state index >= 15 is 0 Å². The highest BCUT2D eigenvalue weighted by atomic mass is 79.9. The molecule has 2 heteroatoms. The molecule has 0 aliphatic heterocycles. The molecule has 0 saturated carbocycles. The second kappa shape index (κ2) is 5.62. The minimum Gasteiger partial charge on any atom is -0.300 e. The van der Waals surface area contributed by atoms with Crippen molar-refractivity contribution in [2.24, 2.45) is 0 Å². The van der Waals surface area contributed by atoms with Gasteiger partial charge in [-0.25, -0.2) is 0 Å². The van der Waals surface area contributed by atoms with E-state index in [4.69, 9.17) is 0 Å².